The first-order valence-electron chi connectivity index (χ1n) is 9.97. The van der Waals surface area contributed by atoms with Crippen LogP contribution < -0.4 is 10.6 Å². The molecule has 3 heterocycles. The van der Waals surface area contributed by atoms with Crippen LogP contribution in [0.2, 0.25) is 0 Å². The van der Waals surface area contributed by atoms with E-state index < -0.39 is 0 Å². The Morgan fingerprint density at radius 2 is 2.21 bits per heavy atom. The van der Waals surface area contributed by atoms with Gasteiger partial charge in [-0.1, -0.05) is 24.8 Å². The summed E-state index contributed by atoms with van der Waals surface area (Å²) in [6.45, 7) is 8.47. The van der Waals surface area contributed by atoms with Crippen molar-refractivity contribution < 1.29 is 0 Å². The van der Waals surface area contributed by atoms with Crippen LogP contribution in [-0.2, 0) is 6.42 Å². The van der Waals surface area contributed by atoms with Crippen molar-refractivity contribution in [3.63, 3.8) is 0 Å². The molecule has 148 valence electrons. The molecule has 6 nitrogen and oxygen atoms in total. The Morgan fingerprint density at radius 1 is 1.34 bits per heavy atom. The Bertz CT molecular complexity index is 1090. The maximum Gasteiger partial charge on any atom is 0.223 e. The number of H-pyrrole nitrogens is 1. The number of nitriles is 1. The average molecular weight is 387 g/mol. The predicted octanol–water partition coefficient (Wildman–Crippen LogP) is 4.54. The molecule has 2 aromatic heterocycles. The van der Waals surface area contributed by atoms with Crippen molar-refractivity contribution in [2.24, 2.45) is 0 Å². The first kappa shape index (κ1) is 19.0. The van der Waals surface area contributed by atoms with Gasteiger partial charge in [-0.25, -0.2) is 9.97 Å². The Morgan fingerprint density at radius 3 is 3.00 bits per heavy atom. The number of aromatic nitrogens is 3. The summed E-state index contributed by atoms with van der Waals surface area (Å²) >= 11 is 0. The highest BCUT2D eigenvalue weighted by Crippen LogP contribution is 2.31. The fourth-order valence-electron chi connectivity index (χ4n) is 4.26. The van der Waals surface area contributed by atoms with Crippen molar-refractivity contribution in [3.05, 3.63) is 54.5 Å². The largest absolute Gasteiger partial charge is 0.384 e. The van der Waals surface area contributed by atoms with Gasteiger partial charge in [-0.15, -0.1) is 0 Å². The summed E-state index contributed by atoms with van der Waals surface area (Å²) in [6, 6.07) is 10.6. The number of aromatic amines is 1. The summed E-state index contributed by atoms with van der Waals surface area (Å²) in [6.07, 6.45) is 6.85. The molecule has 29 heavy (non-hydrogen) atoms. The van der Waals surface area contributed by atoms with Crippen LogP contribution >= 0.6 is 0 Å². The molecular formula is C23H26N6. The van der Waals surface area contributed by atoms with Gasteiger partial charge in [0.15, 0.2) is 0 Å². The molecule has 0 amide bonds. The van der Waals surface area contributed by atoms with E-state index in [0.717, 1.165) is 52.7 Å². The Balaban J connectivity index is 1.61. The number of nitrogens with zero attached hydrogens (tertiary/aromatic N) is 3. The van der Waals surface area contributed by atoms with Gasteiger partial charge in [0.05, 0.1) is 11.8 Å². The van der Waals surface area contributed by atoms with E-state index >= 15 is 0 Å². The van der Waals surface area contributed by atoms with Gasteiger partial charge in [-0.3, -0.25) is 0 Å². The molecule has 1 fully saturated rings. The Labute approximate surface area is 171 Å². The van der Waals surface area contributed by atoms with Gasteiger partial charge in [-0.05, 0) is 38.3 Å². The van der Waals surface area contributed by atoms with Crippen molar-refractivity contribution >= 4 is 16.9 Å². The van der Waals surface area contributed by atoms with Crippen LogP contribution in [0.4, 0.5) is 5.95 Å². The molecule has 1 aliphatic heterocycles. The molecule has 0 bridgehead atoms. The minimum atomic E-state index is 0.00127. The van der Waals surface area contributed by atoms with Gasteiger partial charge < -0.3 is 15.6 Å². The van der Waals surface area contributed by atoms with Gasteiger partial charge in [0.1, 0.15) is 0 Å². The SMILES string of the molecule is C=C1CC(Nc2nccc(-c3c[nH]c4c(CCC#N)cccc34)n2)CC(C)(C)N1. The maximum absolute atomic E-state index is 8.90. The number of rotatable bonds is 5. The molecule has 0 spiro atoms. The van der Waals surface area contributed by atoms with Crippen LogP contribution in [0.3, 0.4) is 0 Å². The van der Waals surface area contributed by atoms with E-state index in [-0.39, 0.29) is 11.6 Å². The van der Waals surface area contributed by atoms with Crippen molar-refractivity contribution in [1.82, 2.24) is 20.3 Å². The molecular weight excluding hydrogens is 360 g/mol. The fraction of sp³-hybridized carbons (Fsp3) is 0.348. The van der Waals surface area contributed by atoms with Crippen molar-refractivity contribution in [2.45, 2.75) is 51.1 Å². The Kier molecular flexibility index (Phi) is 4.98. The zero-order valence-corrected chi connectivity index (χ0v) is 16.9. The van der Waals surface area contributed by atoms with E-state index in [1.54, 1.807) is 6.20 Å². The third-order valence-corrected chi connectivity index (χ3v) is 5.34. The molecule has 1 aromatic carbocycles. The van der Waals surface area contributed by atoms with Crippen LogP contribution in [0.15, 0.2) is 48.9 Å². The number of para-hydroxylation sites is 1. The number of nitrogens with one attached hydrogen (secondary N) is 3. The number of benzene rings is 1. The highest BCUT2D eigenvalue weighted by molar-refractivity contribution is 5.96. The third-order valence-electron chi connectivity index (χ3n) is 5.34. The quantitative estimate of drug-likeness (QED) is 0.599. The summed E-state index contributed by atoms with van der Waals surface area (Å²) < 4.78 is 0. The summed E-state index contributed by atoms with van der Waals surface area (Å²) in [4.78, 5) is 12.6. The number of hydrogen-bond acceptors (Lipinski definition) is 5. The molecule has 3 aromatic rings. The minimum Gasteiger partial charge on any atom is -0.384 e. The summed E-state index contributed by atoms with van der Waals surface area (Å²) in [7, 11) is 0. The van der Waals surface area contributed by atoms with E-state index in [1.165, 1.54) is 0 Å². The lowest BCUT2D eigenvalue weighted by atomic mass is 9.88. The monoisotopic (exact) mass is 386 g/mol. The van der Waals surface area contributed by atoms with Crippen LogP contribution in [0.5, 0.6) is 0 Å². The lowest BCUT2D eigenvalue weighted by Gasteiger charge is -2.38. The fourth-order valence-corrected chi connectivity index (χ4v) is 4.26. The lowest BCUT2D eigenvalue weighted by Crippen LogP contribution is -2.48. The second kappa shape index (κ2) is 7.59. The normalized spacial score (nSPS) is 18.2. The van der Waals surface area contributed by atoms with E-state index in [4.69, 9.17) is 10.2 Å². The summed E-state index contributed by atoms with van der Waals surface area (Å²) in [5.74, 6) is 0.632. The molecule has 1 unspecified atom stereocenters. The lowest BCUT2D eigenvalue weighted by molar-refractivity contribution is 0.324. The first-order chi connectivity index (χ1) is 13.9. The highest BCUT2D eigenvalue weighted by atomic mass is 15.1. The number of aryl methyl sites for hydroxylation is 1. The van der Waals surface area contributed by atoms with Crippen molar-refractivity contribution in [2.75, 3.05) is 5.32 Å². The van der Waals surface area contributed by atoms with Crippen LogP contribution in [-0.4, -0.2) is 26.5 Å². The zero-order chi connectivity index (χ0) is 20.4. The summed E-state index contributed by atoms with van der Waals surface area (Å²) in [5, 5.41) is 16.9. The first-order valence-corrected chi connectivity index (χ1v) is 9.97. The second-order valence-corrected chi connectivity index (χ2v) is 8.33. The second-order valence-electron chi connectivity index (χ2n) is 8.33. The number of anilines is 1. The topological polar surface area (TPSA) is 89.4 Å². The predicted molar refractivity (Wildman–Crippen MR) is 116 cm³/mol. The number of piperidine rings is 1. The van der Waals surface area contributed by atoms with E-state index in [0.29, 0.717) is 12.4 Å². The van der Waals surface area contributed by atoms with Gasteiger partial charge in [0.2, 0.25) is 5.95 Å². The number of fused-ring (bicyclic) bond motifs is 1. The van der Waals surface area contributed by atoms with Gasteiger partial charge >= 0.3 is 0 Å². The highest BCUT2D eigenvalue weighted by Gasteiger charge is 2.29. The number of hydrogen-bond donors (Lipinski definition) is 3. The van der Waals surface area contributed by atoms with E-state index in [1.807, 2.05) is 18.3 Å². The summed E-state index contributed by atoms with van der Waals surface area (Å²) in [5.41, 5.74) is 5.18. The maximum atomic E-state index is 8.90. The average Bonchev–Trinajstić information content (AvgIpc) is 3.09. The van der Waals surface area contributed by atoms with Gasteiger partial charge in [-0.2, -0.15) is 5.26 Å². The Hall–Kier alpha value is -3.33. The molecule has 1 atom stereocenters. The van der Waals surface area contributed by atoms with Gasteiger partial charge in [0.25, 0.3) is 0 Å². The molecule has 1 aliphatic rings. The van der Waals surface area contributed by atoms with Gasteiger partial charge in [0, 0.05) is 59.0 Å². The molecule has 0 aliphatic carbocycles. The van der Waals surface area contributed by atoms with Crippen LogP contribution in [0.25, 0.3) is 22.2 Å². The van der Waals surface area contributed by atoms with Crippen molar-refractivity contribution in [1.29, 1.82) is 5.26 Å². The van der Waals surface area contributed by atoms with E-state index in [2.05, 4.69) is 59.2 Å². The minimum absolute atomic E-state index is 0.00127. The molecule has 4 rings (SSSR count). The van der Waals surface area contributed by atoms with E-state index in [9.17, 15) is 0 Å². The molecule has 1 saturated heterocycles. The standard InChI is InChI=1S/C23H26N6/c1-15-12-17(13-23(2,3)29-15)27-22-25-11-9-20(28-22)19-14-26-21-16(7-5-10-24)6-4-8-18(19)21/h4,6,8-9,11,14,17,26,29H,1,5,7,12-13H2,2-3H3,(H,25,27,28). The molecule has 0 radical (unpaired) electrons. The molecule has 6 heteroatoms. The smallest absolute Gasteiger partial charge is 0.223 e. The third kappa shape index (κ3) is 4.09. The van der Waals surface area contributed by atoms with Crippen molar-refractivity contribution in [3.8, 4) is 17.3 Å². The zero-order valence-electron chi connectivity index (χ0n) is 16.9. The molecule has 3 N–H and O–H groups in total. The van der Waals surface area contributed by atoms with Crippen LogP contribution in [0, 0.1) is 11.3 Å². The van der Waals surface area contributed by atoms with Crippen LogP contribution in [0.1, 0.15) is 38.7 Å². The molecule has 0 saturated carbocycles.